The maximum atomic E-state index is 7.70. The van der Waals surface area contributed by atoms with Crippen LogP contribution in [0.5, 0.6) is 11.5 Å². The maximum absolute atomic E-state index is 7.70. The molecule has 1 aliphatic heterocycles. The van der Waals surface area contributed by atoms with Crippen LogP contribution in [-0.2, 0) is 10.2 Å². The number of rotatable bonds is 6. The van der Waals surface area contributed by atoms with Gasteiger partial charge in [0.1, 0.15) is 0 Å². The third-order valence-electron chi connectivity index (χ3n) is 12.9. The van der Waals surface area contributed by atoms with Crippen LogP contribution in [0.1, 0.15) is 61.6 Å². The molecule has 11 rings (SSSR count). The van der Waals surface area contributed by atoms with E-state index in [1.165, 1.54) is 94.0 Å². The molecule has 6 aromatic rings. The summed E-state index contributed by atoms with van der Waals surface area (Å²) in [5.74, 6) is 4.48. The van der Waals surface area contributed by atoms with Gasteiger partial charge in [-0.1, -0.05) is 0 Å². The number of aryl methyl sites for hydroxylation is 2. The molecule has 5 aromatic carbocycles. The third-order valence-corrected chi connectivity index (χ3v) is 15.9. The molecule has 0 N–H and O–H groups in total. The van der Waals surface area contributed by atoms with Crippen molar-refractivity contribution in [2.24, 2.45) is 17.8 Å². The number of benzene rings is 5. The summed E-state index contributed by atoms with van der Waals surface area (Å²) in [6, 6.07) is 36.1. The van der Waals surface area contributed by atoms with Gasteiger partial charge >= 0.3 is 327 Å². The predicted octanol–water partition coefficient (Wildman–Crippen LogP) is 8.73. The molecule has 4 saturated carbocycles. The summed E-state index contributed by atoms with van der Waals surface area (Å²) in [6.07, 6.45) is 9.00. The van der Waals surface area contributed by atoms with Crippen LogP contribution in [0.4, 0.5) is 11.4 Å². The Kier molecular flexibility index (Phi) is 8.33. The molecule has 4 aliphatic carbocycles. The van der Waals surface area contributed by atoms with Gasteiger partial charge in [0.05, 0.1) is 0 Å². The average molecular weight is 832 g/mol. The van der Waals surface area contributed by atoms with Crippen molar-refractivity contribution in [1.82, 2.24) is 4.57 Å². The standard InChI is InChI=1S/C48H52IN2O3/c1-31-21-39-38-15-6-9-16-41(38)50(19-12-20-52-5)44-23-32(2)22-40(48-28-33-25-34(29-48)27-35(26-33)30-48)47(44)54-49(3,4)53-46(39)45(24-31)51-42-17-10-7-13-36(42)37-14-8-11-18-43(37)51/h6-11,13-18,21-24,33-35H,12,19-20,25-30H2,1-5H3/q-1. The fourth-order valence-electron chi connectivity index (χ4n) is 11.3. The van der Waals surface area contributed by atoms with Crippen LogP contribution in [0.25, 0.3) is 38.6 Å². The van der Waals surface area contributed by atoms with Crippen molar-refractivity contribution in [3.63, 3.8) is 0 Å². The van der Waals surface area contributed by atoms with E-state index in [-0.39, 0.29) is 5.41 Å². The quantitative estimate of drug-likeness (QED) is 0.0957. The summed E-state index contributed by atoms with van der Waals surface area (Å²) in [5, 5.41) is 2.49. The molecule has 280 valence electrons. The van der Waals surface area contributed by atoms with Crippen molar-refractivity contribution < 1.29 is 30.1 Å². The molecule has 0 saturated heterocycles. The van der Waals surface area contributed by atoms with Gasteiger partial charge in [0, 0.05) is 0 Å². The molecule has 0 amide bonds. The second-order valence-electron chi connectivity index (χ2n) is 17.1. The van der Waals surface area contributed by atoms with Gasteiger partial charge in [-0.2, -0.15) is 0 Å². The van der Waals surface area contributed by atoms with Crippen LogP contribution in [0.3, 0.4) is 0 Å². The summed E-state index contributed by atoms with van der Waals surface area (Å²) < 4.78 is 23.4. The first-order valence-electron chi connectivity index (χ1n) is 19.9. The number of para-hydroxylation sites is 3. The van der Waals surface area contributed by atoms with Crippen LogP contribution in [-0.4, -0.2) is 34.7 Å². The normalized spacial score (nSPS) is 24.4. The molecule has 0 radical (unpaired) electrons. The molecule has 5 nitrogen and oxygen atoms in total. The number of anilines is 2. The molecule has 0 spiro atoms. The summed E-state index contributed by atoms with van der Waals surface area (Å²) in [5.41, 5.74) is 12.2. The van der Waals surface area contributed by atoms with Gasteiger partial charge in [-0.25, -0.2) is 0 Å². The number of hydrogen-bond acceptors (Lipinski definition) is 4. The number of aromatic nitrogens is 1. The minimum atomic E-state index is -3.52. The number of hydrogen-bond donors (Lipinski definition) is 0. The summed E-state index contributed by atoms with van der Waals surface area (Å²) in [6.45, 7) is 6.03. The number of fused-ring (bicyclic) bond motifs is 7. The Hall–Kier alpha value is -4.01. The summed E-state index contributed by atoms with van der Waals surface area (Å²) in [4.78, 5) is 7.15. The summed E-state index contributed by atoms with van der Waals surface area (Å²) >= 11 is -3.52. The van der Waals surface area contributed by atoms with Crippen molar-refractivity contribution in [2.45, 2.75) is 64.2 Å². The van der Waals surface area contributed by atoms with E-state index in [4.69, 9.17) is 10.9 Å². The van der Waals surface area contributed by atoms with Gasteiger partial charge in [-0.3, -0.25) is 0 Å². The van der Waals surface area contributed by atoms with E-state index >= 15 is 0 Å². The molecule has 2 heterocycles. The van der Waals surface area contributed by atoms with E-state index in [1.54, 1.807) is 0 Å². The van der Waals surface area contributed by atoms with Gasteiger partial charge in [0.2, 0.25) is 0 Å². The van der Waals surface area contributed by atoms with Crippen LogP contribution in [0.2, 0.25) is 0 Å². The Labute approximate surface area is 325 Å². The fourth-order valence-corrected chi connectivity index (χ4v) is 14.5. The molecule has 4 fully saturated rings. The van der Waals surface area contributed by atoms with Crippen molar-refractivity contribution in [3.05, 3.63) is 114 Å². The molecule has 0 atom stereocenters. The van der Waals surface area contributed by atoms with Gasteiger partial charge in [-0.05, 0) is 0 Å². The molecule has 5 aliphatic rings. The topological polar surface area (TPSA) is 35.9 Å². The van der Waals surface area contributed by atoms with Gasteiger partial charge in [0.25, 0.3) is 0 Å². The van der Waals surface area contributed by atoms with E-state index in [0.29, 0.717) is 6.61 Å². The van der Waals surface area contributed by atoms with Crippen molar-refractivity contribution >= 4 is 33.2 Å². The van der Waals surface area contributed by atoms with Crippen LogP contribution in [0, 0.1) is 31.6 Å². The van der Waals surface area contributed by atoms with Crippen LogP contribution in [0.15, 0.2) is 97.1 Å². The van der Waals surface area contributed by atoms with E-state index in [2.05, 4.69) is 130 Å². The molecule has 0 unspecified atom stereocenters. The molecular formula is C48H52IN2O3-. The third kappa shape index (κ3) is 5.65. The SMILES string of the molecule is COCCCN1c2ccccc2-c2cc(C)cc(-n3c4ccccc4c4ccccc43)c2O[I-](C)(C)Oc2c1cc(C)cc2C12CC3CC(CC(C3)C1)C2. The molecule has 1 aromatic heterocycles. The van der Waals surface area contributed by atoms with Crippen molar-refractivity contribution in [1.29, 1.82) is 0 Å². The van der Waals surface area contributed by atoms with Crippen molar-refractivity contribution in [2.75, 3.05) is 35.0 Å². The predicted molar refractivity (Wildman–Crippen MR) is 219 cm³/mol. The van der Waals surface area contributed by atoms with Gasteiger partial charge in [0.15, 0.2) is 0 Å². The number of methoxy groups -OCH3 is 1. The molecule has 6 heteroatoms. The van der Waals surface area contributed by atoms with E-state index in [1.807, 2.05) is 7.11 Å². The first-order chi connectivity index (χ1) is 26.2. The first kappa shape index (κ1) is 34.5. The number of alkyl halides is 2. The van der Waals surface area contributed by atoms with E-state index < -0.39 is 19.3 Å². The van der Waals surface area contributed by atoms with E-state index in [9.17, 15) is 0 Å². The number of nitrogens with zero attached hydrogens (tertiary/aromatic N) is 2. The Bertz CT molecular complexity index is 2340. The van der Waals surface area contributed by atoms with Gasteiger partial charge in [-0.15, -0.1) is 0 Å². The molecule has 4 bridgehead atoms. The Morgan fingerprint density at radius 3 is 1.91 bits per heavy atom. The zero-order valence-corrected chi connectivity index (χ0v) is 34.5. The van der Waals surface area contributed by atoms with Crippen LogP contribution < -0.4 is 30.3 Å². The Morgan fingerprint density at radius 2 is 1.24 bits per heavy atom. The number of ether oxygens (including phenoxy) is 1. The summed E-state index contributed by atoms with van der Waals surface area (Å²) in [7, 11) is 1.81. The number of halogens is 1. The zero-order chi connectivity index (χ0) is 36.8. The fraction of sp³-hybridized carbons (Fsp3) is 0.375. The van der Waals surface area contributed by atoms with Gasteiger partial charge < -0.3 is 0 Å². The monoisotopic (exact) mass is 831 g/mol. The minimum absolute atomic E-state index is 0.160. The second kappa shape index (κ2) is 13.0. The Morgan fingerprint density at radius 1 is 0.667 bits per heavy atom. The van der Waals surface area contributed by atoms with Crippen molar-refractivity contribution in [3.8, 4) is 28.3 Å². The average Bonchev–Trinajstić information content (AvgIpc) is 3.48. The first-order valence-corrected chi connectivity index (χ1v) is 26.0. The zero-order valence-electron chi connectivity index (χ0n) is 32.3. The van der Waals surface area contributed by atoms with Crippen LogP contribution >= 0.6 is 0 Å². The second-order valence-corrected chi connectivity index (χ2v) is 24.0. The van der Waals surface area contributed by atoms with E-state index in [0.717, 1.165) is 53.5 Å². The molecule has 54 heavy (non-hydrogen) atoms. The molecular weight excluding hydrogens is 779 g/mol. The Balaban J connectivity index is 1.25.